The third-order valence-corrected chi connectivity index (χ3v) is 17.4. The van der Waals surface area contributed by atoms with Crippen LogP contribution in [0.2, 0.25) is 5.02 Å². The molecule has 2 heterocycles. The number of phenolic OH excluding ortho intramolecular Hbond substituents is 1. The molecule has 4 aromatic carbocycles. The Labute approximate surface area is 607 Å². The van der Waals surface area contributed by atoms with Gasteiger partial charge in [-0.05, 0) is 140 Å². The van der Waals surface area contributed by atoms with Crippen molar-refractivity contribution >= 4 is 99.4 Å². The highest BCUT2D eigenvalue weighted by atomic mass is 35.5. The van der Waals surface area contributed by atoms with Gasteiger partial charge in [0.1, 0.15) is 66.2 Å². The number of aromatic nitrogens is 1. The van der Waals surface area contributed by atoms with Gasteiger partial charge in [0.25, 0.3) is 0 Å². The lowest BCUT2D eigenvalue weighted by molar-refractivity contribution is -0.144. The van der Waals surface area contributed by atoms with Crippen molar-refractivity contribution in [1.82, 2.24) is 63.1 Å². The number of aliphatic hydroxyl groups excluding tert-OH is 1. The van der Waals surface area contributed by atoms with Crippen molar-refractivity contribution in [2.75, 3.05) is 26.2 Å². The van der Waals surface area contributed by atoms with Crippen molar-refractivity contribution in [2.24, 2.45) is 28.1 Å². The smallest absolute Gasteiger partial charge is 0.325 e. The van der Waals surface area contributed by atoms with Crippen LogP contribution in [0.5, 0.6) is 5.75 Å². The Morgan fingerprint density at radius 2 is 1.10 bits per heavy atom. The minimum absolute atomic E-state index is 0.00138. The van der Waals surface area contributed by atoms with E-state index in [0.29, 0.717) is 40.1 Å². The molecular formula is C72H95ClN16O15. The zero-order valence-corrected chi connectivity index (χ0v) is 59.3. The number of aliphatic hydroxyl groups is 1. The SMILES string of the molecule is CC(=O)N[C@H](Cc1ccc2ccccc2c1)C(=O)N[C@H](Cc1ccc(Cl)cc1)C(=O)N[C@H](CCc1cccnc1)C(=O)N[C@@H](CO)C(=O)N[C@@H](Cc1ccc(O)cc1)C(=O)N[C@H](CCCNC(N)=O)C(=O)N[C@@H](CC(C)C)C(=O)N[C@@H](CCCCN=C(N)N)C(=O)N1CCCC1C(=O)N[C@H](C)C(=O)O. The number of rotatable bonds is 40. The summed E-state index contributed by atoms with van der Waals surface area (Å²) in [5, 5.41) is 59.1. The number of hydrogen-bond donors (Lipinski definition) is 16. The molecule has 10 atom stereocenters. The number of aromatic hydroxyl groups is 1. The number of benzene rings is 4. The maximum absolute atomic E-state index is 14.9. The molecule has 560 valence electrons. The second-order valence-corrected chi connectivity index (χ2v) is 26.4. The lowest BCUT2D eigenvalue weighted by Gasteiger charge is -2.31. The number of guanidine groups is 1. The molecule has 32 heteroatoms. The van der Waals surface area contributed by atoms with Crippen LogP contribution in [0.4, 0.5) is 4.79 Å². The molecule has 0 saturated carbocycles. The quantitative estimate of drug-likeness (QED) is 0.0146. The number of aliphatic carboxylic acids is 1. The number of halogens is 1. The Morgan fingerprint density at radius 3 is 1.67 bits per heavy atom. The number of amides is 12. The summed E-state index contributed by atoms with van der Waals surface area (Å²) in [6, 6.07) is 13.5. The summed E-state index contributed by atoms with van der Waals surface area (Å²) in [5.74, 6) is -10.3. The highest BCUT2D eigenvalue weighted by Gasteiger charge is 2.40. The first-order valence-corrected chi connectivity index (χ1v) is 34.8. The molecule has 104 heavy (non-hydrogen) atoms. The number of fused-ring (bicyclic) bond motifs is 1. The number of likely N-dealkylation sites (tertiary alicyclic amines) is 1. The predicted octanol–water partition coefficient (Wildman–Crippen LogP) is 0.664. The average molecular weight is 1460 g/mol. The van der Waals surface area contributed by atoms with E-state index < -0.39 is 138 Å². The number of urea groups is 1. The summed E-state index contributed by atoms with van der Waals surface area (Å²) in [7, 11) is 0. The van der Waals surface area contributed by atoms with Gasteiger partial charge in [-0.15, -0.1) is 0 Å². The first-order valence-electron chi connectivity index (χ1n) is 34.4. The van der Waals surface area contributed by atoms with Gasteiger partial charge >= 0.3 is 12.0 Å². The van der Waals surface area contributed by atoms with Gasteiger partial charge in [-0.1, -0.05) is 98.2 Å². The Morgan fingerprint density at radius 1 is 0.577 bits per heavy atom. The first kappa shape index (κ1) is 82.0. The predicted molar refractivity (Wildman–Crippen MR) is 386 cm³/mol. The number of nitrogens with zero attached hydrogens (tertiary/aromatic N) is 3. The van der Waals surface area contributed by atoms with Gasteiger partial charge in [0.05, 0.1) is 6.61 Å². The molecule has 1 saturated heterocycles. The monoisotopic (exact) mass is 1460 g/mol. The second-order valence-electron chi connectivity index (χ2n) is 26.0. The number of nitrogens with one attached hydrogen (secondary N) is 10. The van der Waals surface area contributed by atoms with Gasteiger partial charge in [-0.25, -0.2) is 4.79 Å². The van der Waals surface area contributed by atoms with Crippen LogP contribution in [0, 0.1) is 5.92 Å². The number of carbonyl (C=O) groups excluding carboxylic acids is 11. The number of aryl methyl sites for hydroxylation is 1. The standard InChI is InChI=1S/C72H95ClN16O15/c1-41(2)34-55(63(95)84-54(15-7-8-31-78-71(74)75)69(101)89-33-11-17-60(89)68(100)80-42(3)70(102)103)85-61(93)52(16-10-32-79-72(76)104)82-65(97)58(37-45-21-27-51(92)28-22-45)87-67(99)59(40-90)88-62(94)53(29-23-46-12-9-30-77-39-46)83-66(98)57(36-44-19-25-50(73)26-20-44)86-64(96)56(81-43(4)91)38-47-18-24-48-13-5-6-14-49(48)35-47/h5-6,9,12-14,18-22,24-28,30,35,39,41-42,52-60,90,92H,7-8,10-11,15-17,23,29,31-34,36-38,40H2,1-4H3,(H,80,100)(H,81,91)(H,82,97)(H,83,98)(H,84,95)(H,85,93)(H,86,96)(H,87,99)(H,88,94)(H,102,103)(H4,74,75,78)(H3,76,79,104)/t42-,52-,53-,54+,55+,56-,57-,58+,59+,60?/m1/s1. The van der Waals surface area contributed by atoms with Crippen LogP contribution < -0.4 is 70.4 Å². The molecule has 1 fully saturated rings. The number of primary amides is 1. The average Bonchev–Trinajstić information content (AvgIpc) is 1.69. The number of phenols is 1. The van der Waals surface area contributed by atoms with E-state index in [1.807, 2.05) is 42.5 Å². The number of unbranched alkanes of at least 4 members (excludes halogenated alkanes) is 1. The van der Waals surface area contributed by atoms with Crippen molar-refractivity contribution in [3.05, 3.63) is 143 Å². The molecular weight excluding hydrogens is 1360 g/mol. The molecule has 1 unspecified atom stereocenters. The van der Waals surface area contributed by atoms with E-state index in [9.17, 15) is 72.9 Å². The molecule has 12 amide bonds. The third-order valence-electron chi connectivity index (χ3n) is 17.2. The zero-order valence-electron chi connectivity index (χ0n) is 58.5. The molecule has 6 rings (SSSR count). The highest BCUT2D eigenvalue weighted by Crippen LogP contribution is 2.23. The van der Waals surface area contributed by atoms with Gasteiger partial charge in [0.15, 0.2) is 5.96 Å². The lowest BCUT2D eigenvalue weighted by Crippen LogP contribution is -2.61. The van der Waals surface area contributed by atoms with Gasteiger partial charge in [-0.3, -0.25) is 62.7 Å². The normalized spacial score (nSPS) is 15.1. The molecule has 0 spiro atoms. The summed E-state index contributed by atoms with van der Waals surface area (Å²) in [6.45, 7) is 5.16. The zero-order chi connectivity index (χ0) is 76.0. The van der Waals surface area contributed by atoms with Crippen LogP contribution >= 0.6 is 11.6 Å². The van der Waals surface area contributed by atoms with Crippen LogP contribution in [-0.2, 0) is 78.4 Å². The molecule has 19 N–H and O–H groups in total. The number of carboxylic acids is 1. The molecule has 0 bridgehead atoms. The van der Waals surface area contributed by atoms with E-state index in [-0.39, 0.29) is 108 Å². The van der Waals surface area contributed by atoms with Gasteiger partial charge < -0.3 is 90.6 Å². The molecule has 0 aliphatic carbocycles. The van der Waals surface area contributed by atoms with E-state index in [0.717, 1.165) is 10.8 Å². The topological polar surface area (TPSA) is 492 Å². The number of pyridine rings is 1. The largest absolute Gasteiger partial charge is 0.508 e. The van der Waals surface area contributed by atoms with Crippen LogP contribution in [-0.4, -0.2) is 189 Å². The van der Waals surface area contributed by atoms with E-state index >= 15 is 0 Å². The Kier molecular flexibility index (Phi) is 32.5. The van der Waals surface area contributed by atoms with Crippen molar-refractivity contribution in [2.45, 2.75) is 172 Å². The minimum atomic E-state index is -1.84. The Balaban J connectivity index is 1.26. The number of carbonyl (C=O) groups is 12. The number of aliphatic imine (C=N–C) groups is 1. The minimum Gasteiger partial charge on any atom is -0.508 e. The fourth-order valence-corrected chi connectivity index (χ4v) is 11.8. The summed E-state index contributed by atoms with van der Waals surface area (Å²) < 4.78 is 0. The van der Waals surface area contributed by atoms with Crippen LogP contribution in [0.3, 0.4) is 0 Å². The third kappa shape index (κ3) is 27.1. The van der Waals surface area contributed by atoms with Crippen LogP contribution in [0.1, 0.15) is 108 Å². The Hall–Kier alpha value is -10.9. The summed E-state index contributed by atoms with van der Waals surface area (Å²) in [6.07, 6.45) is 3.62. The Bertz CT molecular complexity index is 3810. The van der Waals surface area contributed by atoms with E-state index in [4.69, 9.17) is 28.8 Å². The fourth-order valence-electron chi connectivity index (χ4n) is 11.7. The summed E-state index contributed by atoms with van der Waals surface area (Å²) in [5.41, 5.74) is 18.6. The molecule has 5 aromatic rings. The number of carboxylic acid groups (broad SMARTS) is 1. The number of hydrogen-bond acceptors (Lipinski definition) is 16. The van der Waals surface area contributed by atoms with E-state index in [1.54, 1.807) is 56.4 Å². The molecule has 0 radical (unpaired) electrons. The first-order chi connectivity index (χ1) is 49.6. The highest BCUT2D eigenvalue weighted by molar-refractivity contribution is 6.30. The summed E-state index contributed by atoms with van der Waals surface area (Å²) >= 11 is 6.24. The molecule has 1 aliphatic rings. The summed E-state index contributed by atoms with van der Waals surface area (Å²) in [4.78, 5) is 176. The van der Waals surface area contributed by atoms with Crippen molar-refractivity contribution < 1.29 is 72.9 Å². The van der Waals surface area contributed by atoms with Gasteiger partial charge in [0.2, 0.25) is 59.1 Å². The fraction of sp³-hybridized carbons (Fsp3) is 0.444. The van der Waals surface area contributed by atoms with Gasteiger partial charge in [0, 0.05) is 63.2 Å². The maximum atomic E-state index is 14.9. The van der Waals surface area contributed by atoms with Gasteiger partial charge in [-0.2, -0.15) is 0 Å². The van der Waals surface area contributed by atoms with Crippen molar-refractivity contribution in [3.8, 4) is 5.75 Å². The van der Waals surface area contributed by atoms with Crippen molar-refractivity contribution in [3.63, 3.8) is 0 Å². The molecule has 1 aliphatic heterocycles. The number of nitrogens with two attached hydrogens (primary N) is 3. The van der Waals surface area contributed by atoms with E-state index in [1.165, 1.54) is 49.2 Å². The molecule has 1 aromatic heterocycles. The van der Waals surface area contributed by atoms with E-state index in [2.05, 4.69) is 63.1 Å². The second kappa shape index (κ2) is 41.2. The lowest BCUT2D eigenvalue weighted by atomic mass is 9.99. The van der Waals surface area contributed by atoms with Crippen LogP contribution in [0.15, 0.2) is 121 Å². The van der Waals surface area contributed by atoms with Crippen LogP contribution in [0.25, 0.3) is 10.8 Å². The molecule has 31 nitrogen and oxygen atoms in total. The maximum Gasteiger partial charge on any atom is 0.325 e. The van der Waals surface area contributed by atoms with Crippen molar-refractivity contribution in [1.29, 1.82) is 0 Å².